The van der Waals surface area contributed by atoms with Gasteiger partial charge in [-0.2, -0.15) is 0 Å². The van der Waals surface area contributed by atoms with E-state index in [0.29, 0.717) is 12.8 Å². The van der Waals surface area contributed by atoms with Crippen LogP contribution < -0.4 is 5.32 Å². The van der Waals surface area contributed by atoms with Crippen LogP contribution in [0.2, 0.25) is 0 Å². The Balaban J connectivity index is 1.48. The van der Waals surface area contributed by atoms with Gasteiger partial charge in [0, 0.05) is 19.5 Å². The third kappa shape index (κ3) is 3.37. The number of allylic oxidation sites excluding steroid dienone is 2. The van der Waals surface area contributed by atoms with Gasteiger partial charge >= 0.3 is 0 Å². The van der Waals surface area contributed by atoms with Gasteiger partial charge in [0.25, 0.3) is 0 Å². The minimum absolute atomic E-state index is 0.0749. The molecule has 1 fully saturated rings. The second kappa shape index (κ2) is 6.95. The number of hydrogen-bond acceptors (Lipinski definition) is 3. The number of amides is 3. The zero-order valence-electron chi connectivity index (χ0n) is 13.2. The summed E-state index contributed by atoms with van der Waals surface area (Å²) < 4.78 is 12.8. The van der Waals surface area contributed by atoms with Crippen molar-refractivity contribution in [3.8, 4) is 0 Å². The van der Waals surface area contributed by atoms with Gasteiger partial charge in [0.2, 0.25) is 17.7 Å². The summed E-state index contributed by atoms with van der Waals surface area (Å²) in [6.45, 7) is 0.399. The van der Waals surface area contributed by atoms with Gasteiger partial charge in [0.15, 0.2) is 0 Å². The van der Waals surface area contributed by atoms with E-state index in [1.165, 1.54) is 17.0 Å². The molecule has 2 unspecified atom stereocenters. The molecule has 0 spiro atoms. The molecular weight excluding hydrogens is 311 g/mol. The maximum absolute atomic E-state index is 12.8. The predicted molar refractivity (Wildman–Crippen MR) is 84.9 cm³/mol. The Hall–Kier alpha value is -2.50. The first-order valence-corrected chi connectivity index (χ1v) is 8.07. The average molecular weight is 330 g/mol. The molecular formula is C18H19FN2O3. The summed E-state index contributed by atoms with van der Waals surface area (Å²) >= 11 is 0. The number of imide groups is 1. The molecule has 1 saturated heterocycles. The first-order valence-electron chi connectivity index (χ1n) is 8.07. The summed E-state index contributed by atoms with van der Waals surface area (Å²) in [7, 11) is 0. The monoisotopic (exact) mass is 330 g/mol. The number of hydrogen-bond donors (Lipinski definition) is 1. The molecule has 3 amide bonds. The fraction of sp³-hybridized carbons (Fsp3) is 0.389. The molecule has 0 bridgehead atoms. The highest BCUT2D eigenvalue weighted by atomic mass is 19.1. The fourth-order valence-corrected chi connectivity index (χ4v) is 3.19. The molecule has 2 aliphatic rings. The van der Waals surface area contributed by atoms with Crippen molar-refractivity contribution in [1.29, 1.82) is 0 Å². The number of halogens is 1. The van der Waals surface area contributed by atoms with E-state index in [1.807, 2.05) is 12.2 Å². The molecule has 5 nitrogen and oxygen atoms in total. The van der Waals surface area contributed by atoms with Crippen molar-refractivity contribution in [2.45, 2.75) is 25.8 Å². The topological polar surface area (TPSA) is 66.5 Å². The van der Waals surface area contributed by atoms with Gasteiger partial charge in [-0.15, -0.1) is 0 Å². The number of likely N-dealkylation sites (tertiary alicyclic amines) is 1. The normalized spacial score (nSPS) is 22.6. The van der Waals surface area contributed by atoms with E-state index in [9.17, 15) is 18.8 Å². The van der Waals surface area contributed by atoms with Crippen LogP contribution in [-0.2, 0) is 20.9 Å². The molecule has 0 aromatic heterocycles. The van der Waals surface area contributed by atoms with E-state index in [2.05, 4.69) is 5.32 Å². The van der Waals surface area contributed by atoms with E-state index in [0.717, 1.165) is 5.56 Å². The lowest BCUT2D eigenvalue weighted by Crippen LogP contribution is -2.35. The van der Waals surface area contributed by atoms with E-state index < -0.39 is 0 Å². The number of rotatable bonds is 5. The van der Waals surface area contributed by atoms with Crippen LogP contribution in [0.1, 0.15) is 24.8 Å². The van der Waals surface area contributed by atoms with Crippen molar-refractivity contribution < 1.29 is 18.8 Å². The van der Waals surface area contributed by atoms with Gasteiger partial charge in [0.1, 0.15) is 5.82 Å². The van der Waals surface area contributed by atoms with Gasteiger partial charge in [0.05, 0.1) is 11.8 Å². The highest BCUT2D eigenvalue weighted by Crippen LogP contribution is 2.34. The largest absolute Gasteiger partial charge is 0.352 e. The standard InChI is InChI=1S/C18H19FN2O3/c19-13-7-5-12(6-8-13)11-20-16(22)9-10-21-17(23)14-3-1-2-4-15(14)18(21)24/h1-2,5-8,14-15H,3-4,9-11H2,(H,20,22). The van der Waals surface area contributed by atoms with Gasteiger partial charge in [-0.25, -0.2) is 4.39 Å². The van der Waals surface area contributed by atoms with Gasteiger partial charge in [-0.3, -0.25) is 19.3 Å². The second-order valence-electron chi connectivity index (χ2n) is 6.14. The quantitative estimate of drug-likeness (QED) is 0.661. The Bertz CT molecular complexity index is 658. The Morgan fingerprint density at radius 1 is 1.08 bits per heavy atom. The summed E-state index contributed by atoms with van der Waals surface area (Å²) in [5.41, 5.74) is 0.787. The SMILES string of the molecule is O=C(CCN1C(=O)C2CC=CCC2C1=O)NCc1ccc(F)cc1. The van der Waals surface area contributed by atoms with Gasteiger partial charge in [-0.1, -0.05) is 24.3 Å². The third-order valence-electron chi connectivity index (χ3n) is 4.56. The van der Waals surface area contributed by atoms with Crippen LogP contribution in [-0.4, -0.2) is 29.2 Å². The molecule has 3 rings (SSSR count). The fourth-order valence-electron chi connectivity index (χ4n) is 3.19. The van der Waals surface area contributed by atoms with E-state index in [4.69, 9.17) is 0 Å². The highest BCUT2D eigenvalue weighted by molar-refractivity contribution is 6.05. The molecule has 1 aromatic carbocycles. The zero-order chi connectivity index (χ0) is 17.1. The summed E-state index contributed by atoms with van der Waals surface area (Å²) in [6.07, 6.45) is 5.15. The molecule has 1 heterocycles. The van der Waals surface area contributed by atoms with Crippen molar-refractivity contribution in [1.82, 2.24) is 10.2 Å². The second-order valence-corrected chi connectivity index (χ2v) is 6.14. The number of nitrogens with zero attached hydrogens (tertiary/aromatic N) is 1. The number of benzene rings is 1. The number of nitrogens with one attached hydrogen (secondary N) is 1. The van der Waals surface area contributed by atoms with Gasteiger partial charge < -0.3 is 5.32 Å². The van der Waals surface area contributed by atoms with Crippen LogP contribution in [0.3, 0.4) is 0 Å². The molecule has 6 heteroatoms. The van der Waals surface area contributed by atoms with Crippen LogP contribution in [0, 0.1) is 17.7 Å². The van der Waals surface area contributed by atoms with Gasteiger partial charge in [-0.05, 0) is 30.5 Å². The summed E-state index contributed by atoms with van der Waals surface area (Å²) in [6, 6.07) is 5.86. The molecule has 126 valence electrons. The number of fused-ring (bicyclic) bond motifs is 1. The predicted octanol–water partition coefficient (Wildman–Crippen LogP) is 1.78. The smallest absolute Gasteiger partial charge is 0.233 e. The Morgan fingerprint density at radius 3 is 2.25 bits per heavy atom. The first kappa shape index (κ1) is 16.4. The lowest BCUT2D eigenvalue weighted by Gasteiger charge is -2.14. The van der Waals surface area contributed by atoms with E-state index >= 15 is 0 Å². The Labute approximate surface area is 139 Å². The number of carbonyl (C=O) groups excluding carboxylic acids is 3. The average Bonchev–Trinajstić information content (AvgIpc) is 2.84. The number of carbonyl (C=O) groups is 3. The Kier molecular flexibility index (Phi) is 4.74. The van der Waals surface area contributed by atoms with Crippen LogP contribution in [0.4, 0.5) is 4.39 Å². The molecule has 24 heavy (non-hydrogen) atoms. The maximum atomic E-state index is 12.8. The summed E-state index contributed by atoms with van der Waals surface area (Å²) in [5, 5.41) is 2.71. The van der Waals surface area contributed by atoms with Crippen molar-refractivity contribution in [3.05, 3.63) is 47.8 Å². The highest BCUT2D eigenvalue weighted by Gasteiger charge is 2.46. The minimum atomic E-state index is -0.327. The van der Waals surface area contributed by atoms with Crippen molar-refractivity contribution in [2.24, 2.45) is 11.8 Å². The molecule has 2 atom stereocenters. The van der Waals surface area contributed by atoms with E-state index in [-0.39, 0.29) is 54.9 Å². The van der Waals surface area contributed by atoms with Crippen LogP contribution >= 0.6 is 0 Å². The Morgan fingerprint density at radius 2 is 1.67 bits per heavy atom. The zero-order valence-corrected chi connectivity index (χ0v) is 13.2. The van der Waals surface area contributed by atoms with Crippen LogP contribution in [0.25, 0.3) is 0 Å². The van der Waals surface area contributed by atoms with Crippen molar-refractivity contribution in [3.63, 3.8) is 0 Å². The first-order chi connectivity index (χ1) is 11.6. The van der Waals surface area contributed by atoms with Crippen molar-refractivity contribution in [2.75, 3.05) is 6.54 Å². The van der Waals surface area contributed by atoms with E-state index in [1.54, 1.807) is 12.1 Å². The maximum Gasteiger partial charge on any atom is 0.233 e. The molecule has 1 aliphatic carbocycles. The van der Waals surface area contributed by atoms with Crippen LogP contribution in [0.5, 0.6) is 0 Å². The molecule has 0 radical (unpaired) electrons. The van der Waals surface area contributed by atoms with Crippen LogP contribution in [0.15, 0.2) is 36.4 Å². The summed E-state index contributed by atoms with van der Waals surface area (Å²) in [5.74, 6) is -1.42. The minimum Gasteiger partial charge on any atom is -0.352 e. The summed E-state index contributed by atoms with van der Waals surface area (Å²) in [4.78, 5) is 37.7. The lowest BCUT2D eigenvalue weighted by molar-refractivity contribution is -0.140. The lowest BCUT2D eigenvalue weighted by atomic mass is 9.85. The van der Waals surface area contributed by atoms with Crippen molar-refractivity contribution >= 4 is 17.7 Å². The molecule has 1 N–H and O–H groups in total. The third-order valence-corrected chi connectivity index (χ3v) is 4.56. The molecule has 1 aliphatic heterocycles. The molecule has 0 saturated carbocycles. The molecule has 1 aromatic rings.